The fourth-order valence-corrected chi connectivity index (χ4v) is 2.95. The lowest BCUT2D eigenvalue weighted by Crippen LogP contribution is -2.08. The minimum Gasteiger partial charge on any atom is -0.329 e. The van der Waals surface area contributed by atoms with Crippen molar-refractivity contribution in [1.82, 2.24) is 9.97 Å². The highest BCUT2D eigenvalue weighted by molar-refractivity contribution is 7.91. The van der Waals surface area contributed by atoms with Gasteiger partial charge in [-0.25, -0.2) is 13.4 Å². The first kappa shape index (κ1) is 12.6. The largest absolute Gasteiger partial charge is 0.329 e. The topological polar surface area (TPSA) is 86.6 Å². The smallest absolute Gasteiger partial charge is 0.226 e. The predicted octanol–water partition coefficient (Wildman–Crippen LogP) is 2.03. The summed E-state index contributed by atoms with van der Waals surface area (Å²) in [5.41, 5.74) is 1.36. The van der Waals surface area contributed by atoms with Crippen LogP contribution in [0.25, 0.3) is 11.0 Å². The molecule has 0 saturated heterocycles. The molecule has 0 aliphatic carbocycles. The summed E-state index contributed by atoms with van der Waals surface area (Å²) in [4.78, 5) is 6.89. The van der Waals surface area contributed by atoms with Crippen molar-refractivity contribution < 1.29 is 8.42 Å². The molecule has 0 spiro atoms. The zero-order valence-corrected chi connectivity index (χ0v) is 10.6. The summed E-state index contributed by atoms with van der Waals surface area (Å²) in [6, 6.07) is 9.19. The molecular formula is C12H13N3O2S. The Morgan fingerprint density at radius 3 is 2.78 bits per heavy atom. The summed E-state index contributed by atoms with van der Waals surface area (Å²) < 4.78 is 24.0. The van der Waals surface area contributed by atoms with Gasteiger partial charge in [-0.2, -0.15) is 5.26 Å². The van der Waals surface area contributed by atoms with Crippen molar-refractivity contribution in [3.05, 3.63) is 24.3 Å². The molecule has 6 heteroatoms. The van der Waals surface area contributed by atoms with Crippen LogP contribution in [0.15, 0.2) is 29.4 Å². The van der Waals surface area contributed by atoms with E-state index in [0.29, 0.717) is 30.3 Å². The van der Waals surface area contributed by atoms with Crippen molar-refractivity contribution >= 4 is 20.9 Å². The Balaban J connectivity index is 2.17. The van der Waals surface area contributed by atoms with Crippen LogP contribution in [-0.4, -0.2) is 24.1 Å². The molecule has 0 atom stereocenters. The number of nitriles is 1. The van der Waals surface area contributed by atoms with Gasteiger partial charge in [-0.15, -0.1) is 0 Å². The number of sulfone groups is 1. The molecule has 0 unspecified atom stereocenters. The zero-order chi connectivity index (χ0) is 13.0. The highest BCUT2D eigenvalue weighted by atomic mass is 32.2. The zero-order valence-electron chi connectivity index (χ0n) is 9.76. The quantitative estimate of drug-likeness (QED) is 0.836. The third-order valence-electron chi connectivity index (χ3n) is 2.61. The predicted molar refractivity (Wildman–Crippen MR) is 67.6 cm³/mol. The number of H-pyrrole nitrogens is 1. The van der Waals surface area contributed by atoms with E-state index in [4.69, 9.17) is 5.26 Å². The molecule has 1 aromatic carbocycles. The van der Waals surface area contributed by atoms with Crippen molar-refractivity contribution in [2.24, 2.45) is 0 Å². The number of nitrogens with zero attached hydrogens (tertiary/aromatic N) is 2. The third kappa shape index (κ3) is 2.68. The highest BCUT2D eigenvalue weighted by Gasteiger charge is 2.18. The maximum Gasteiger partial charge on any atom is 0.226 e. The van der Waals surface area contributed by atoms with Crippen molar-refractivity contribution in [1.29, 1.82) is 5.26 Å². The number of benzene rings is 1. The van der Waals surface area contributed by atoms with Gasteiger partial charge in [-0.3, -0.25) is 0 Å². The molecular weight excluding hydrogens is 250 g/mol. The number of fused-ring (bicyclic) bond motifs is 1. The minimum absolute atomic E-state index is 0.0145. The molecule has 0 saturated carbocycles. The van der Waals surface area contributed by atoms with Crippen LogP contribution in [0.4, 0.5) is 0 Å². The van der Waals surface area contributed by atoms with E-state index >= 15 is 0 Å². The van der Waals surface area contributed by atoms with E-state index < -0.39 is 9.84 Å². The molecule has 2 aromatic rings. The maximum atomic E-state index is 12.0. The van der Waals surface area contributed by atoms with Crippen LogP contribution in [0.5, 0.6) is 0 Å². The van der Waals surface area contributed by atoms with Crippen molar-refractivity contribution in [2.45, 2.75) is 24.4 Å². The van der Waals surface area contributed by atoms with Gasteiger partial charge in [0.15, 0.2) is 0 Å². The molecule has 0 radical (unpaired) electrons. The van der Waals surface area contributed by atoms with Gasteiger partial charge < -0.3 is 4.98 Å². The van der Waals surface area contributed by atoms with Crippen LogP contribution in [0.2, 0.25) is 0 Å². The second-order valence-electron chi connectivity index (χ2n) is 3.99. The fraction of sp³-hybridized carbons (Fsp3) is 0.333. The SMILES string of the molecule is N#CCCCCS(=O)(=O)c1nc2ccccc2[nH]1. The van der Waals surface area contributed by atoms with Gasteiger partial charge in [-0.05, 0) is 25.0 Å². The van der Waals surface area contributed by atoms with Crippen LogP contribution < -0.4 is 0 Å². The summed E-state index contributed by atoms with van der Waals surface area (Å²) in [6.45, 7) is 0. The van der Waals surface area contributed by atoms with Gasteiger partial charge in [-0.1, -0.05) is 12.1 Å². The van der Waals surface area contributed by atoms with Crippen LogP contribution in [0.1, 0.15) is 19.3 Å². The molecule has 94 valence electrons. The number of hydrogen-bond donors (Lipinski definition) is 1. The van der Waals surface area contributed by atoms with E-state index in [0.717, 1.165) is 0 Å². The molecule has 18 heavy (non-hydrogen) atoms. The first-order valence-electron chi connectivity index (χ1n) is 5.68. The lowest BCUT2D eigenvalue weighted by Gasteiger charge is -1.98. The average Bonchev–Trinajstić information content (AvgIpc) is 2.79. The first-order valence-corrected chi connectivity index (χ1v) is 7.33. The van der Waals surface area contributed by atoms with Gasteiger partial charge in [0.2, 0.25) is 15.0 Å². The van der Waals surface area contributed by atoms with E-state index in [1.807, 2.05) is 18.2 Å². The number of aromatic nitrogens is 2. The molecule has 0 bridgehead atoms. The molecule has 1 heterocycles. The number of rotatable bonds is 5. The summed E-state index contributed by atoms with van der Waals surface area (Å²) in [5, 5.41) is 8.40. The lowest BCUT2D eigenvalue weighted by molar-refractivity contribution is 0.585. The Labute approximate surface area is 105 Å². The number of hydrogen-bond acceptors (Lipinski definition) is 4. The summed E-state index contributed by atoms with van der Waals surface area (Å²) in [5.74, 6) is 0.0223. The number of unbranched alkanes of at least 4 members (excludes halogenated alkanes) is 2. The van der Waals surface area contributed by atoms with Crippen molar-refractivity contribution in [3.63, 3.8) is 0 Å². The molecule has 2 rings (SSSR count). The normalized spacial score (nSPS) is 11.5. The summed E-state index contributed by atoms with van der Waals surface area (Å²) in [6.07, 6.45) is 1.46. The van der Waals surface area contributed by atoms with Gasteiger partial charge in [0, 0.05) is 6.42 Å². The van der Waals surface area contributed by atoms with E-state index in [1.165, 1.54) is 0 Å². The first-order chi connectivity index (χ1) is 8.63. The Morgan fingerprint density at radius 2 is 2.06 bits per heavy atom. The van der Waals surface area contributed by atoms with Crippen LogP contribution >= 0.6 is 0 Å². The molecule has 0 amide bonds. The summed E-state index contributed by atoms with van der Waals surface area (Å²) in [7, 11) is -3.38. The van der Waals surface area contributed by atoms with E-state index in [1.54, 1.807) is 12.1 Å². The van der Waals surface area contributed by atoms with E-state index in [9.17, 15) is 8.42 Å². The molecule has 1 N–H and O–H groups in total. The lowest BCUT2D eigenvalue weighted by atomic mass is 10.3. The maximum absolute atomic E-state index is 12.0. The van der Waals surface area contributed by atoms with E-state index in [2.05, 4.69) is 9.97 Å². The number of para-hydroxylation sites is 2. The van der Waals surface area contributed by atoms with E-state index in [-0.39, 0.29) is 10.9 Å². The Kier molecular flexibility index (Phi) is 3.63. The second-order valence-corrected chi connectivity index (χ2v) is 6.02. The van der Waals surface area contributed by atoms with Crippen LogP contribution in [0, 0.1) is 11.3 Å². The Hall–Kier alpha value is -1.87. The standard InChI is InChI=1S/C12H13N3O2S/c13-8-4-1-5-9-18(16,17)12-14-10-6-2-3-7-11(10)15-12/h2-3,6-7H,1,4-5,9H2,(H,14,15). The Morgan fingerprint density at radius 1 is 1.28 bits per heavy atom. The minimum atomic E-state index is -3.38. The van der Waals surface area contributed by atoms with Crippen LogP contribution in [0.3, 0.4) is 0 Å². The summed E-state index contributed by atoms with van der Waals surface area (Å²) >= 11 is 0. The number of nitrogens with one attached hydrogen (secondary N) is 1. The molecule has 0 fully saturated rings. The Bertz CT molecular complexity index is 650. The number of aromatic amines is 1. The molecule has 0 aliphatic rings. The molecule has 1 aromatic heterocycles. The van der Waals surface area contributed by atoms with Crippen molar-refractivity contribution in [3.8, 4) is 6.07 Å². The van der Waals surface area contributed by atoms with Gasteiger partial charge >= 0.3 is 0 Å². The monoisotopic (exact) mass is 263 g/mol. The van der Waals surface area contributed by atoms with Gasteiger partial charge in [0.25, 0.3) is 0 Å². The highest BCUT2D eigenvalue weighted by Crippen LogP contribution is 2.15. The number of imidazole rings is 1. The van der Waals surface area contributed by atoms with Crippen LogP contribution in [-0.2, 0) is 9.84 Å². The molecule has 0 aliphatic heterocycles. The average molecular weight is 263 g/mol. The fourth-order valence-electron chi connectivity index (χ4n) is 1.67. The van der Waals surface area contributed by atoms with Gasteiger partial charge in [0.05, 0.1) is 22.9 Å². The van der Waals surface area contributed by atoms with Gasteiger partial charge in [0.1, 0.15) is 0 Å². The second kappa shape index (κ2) is 5.19. The molecule has 5 nitrogen and oxygen atoms in total. The third-order valence-corrected chi connectivity index (χ3v) is 4.22. The van der Waals surface area contributed by atoms with Crippen molar-refractivity contribution in [2.75, 3.05) is 5.75 Å².